The van der Waals surface area contributed by atoms with Gasteiger partial charge in [0.2, 0.25) is 0 Å². The molecule has 2 rings (SSSR count). The molecule has 0 amide bonds. The number of furan rings is 1. The Kier molecular flexibility index (Phi) is 3.73. The van der Waals surface area contributed by atoms with E-state index in [2.05, 4.69) is 19.6 Å². The quantitative estimate of drug-likeness (QED) is 0.652. The van der Waals surface area contributed by atoms with Crippen molar-refractivity contribution in [2.45, 2.75) is 27.7 Å². The third-order valence-electron chi connectivity index (χ3n) is 2.35. The summed E-state index contributed by atoms with van der Waals surface area (Å²) < 4.78 is 5.60. The Morgan fingerprint density at radius 2 is 1.87 bits per heavy atom. The number of hydrogen-bond acceptors (Lipinski definition) is 1. The van der Waals surface area contributed by atoms with Crippen molar-refractivity contribution >= 4 is 17.0 Å². The zero-order valence-corrected chi connectivity index (χ0v) is 9.92. The monoisotopic (exact) mass is 202 g/mol. The van der Waals surface area contributed by atoms with E-state index in [4.69, 9.17) is 4.42 Å². The summed E-state index contributed by atoms with van der Waals surface area (Å²) >= 11 is 0. The van der Waals surface area contributed by atoms with E-state index >= 15 is 0 Å². The molecule has 0 saturated carbocycles. The Morgan fingerprint density at radius 3 is 2.47 bits per heavy atom. The van der Waals surface area contributed by atoms with Crippen molar-refractivity contribution in [1.82, 2.24) is 0 Å². The van der Waals surface area contributed by atoms with Crippen molar-refractivity contribution < 1.29 is 4.42 Å². The van der Waals surface area contributed by atoms with Crippen LogP contribution in [-0.4, -0.2) is 0 Å². The average molecular weight is 202 g/mol. The van der Waals surface area contributed by atoms with Crippen LogP contribution >= 0.6 is 0 Å². The third kappa shape index (κ3) is 1.96. The van der Waals surface area contributed by atoms with Gasteiger partial charge in [0.15, 0.2) is 0 Å². The molecule has 0 aliphatic heterocycles. The van der Waals surface area contributed by atoms with E-state index in [1.807, 2.05) is 39.0 Å². The number of fused-ring (bicyclic) bond motifs is 1. The van der Waals surface area contributed by atoms with Crippen molar-refractivity contribution in [1.29, 1.82) is 0 Å². The van der Waals surface area contributed by atoms with Crippen molar-refractivity contribution in [3.8, 4) is 0 Å². The van der Waals surface area contributed by atoms with Crippen LogP contribution in [0.3, 0.4) is 0 Å². The number of hydrogen-bond donors (Lipinski definition) is 0. The smallest absolute Gasteiger partial charge is 0.135 e. The van der Waals surface area contributed by atoms with E-state index in [1.165, 1.54) is 10.9 Å². The van der Waals surface area contributed by atoms with E-state index in [-0.39, 0.29) is 0 Å². The molecular formula is C14H18O. The van der Waals surface area contributed by atoms with Gasteiger partial charge in [0.25, 0.3) is 0 Å². The Morgan fingerprint density at radius 1 is 1.20 bits per heavy atom. The molecule has 1 nitrogen and oxygen atoms in total. The molecule has 0 unspecified atom stereocenters. The minimum atomic E-state index is 0.944. The molecule has 0 aliphatic carbocycles. The van der Waals surface area contributed by atoms with E-state index < -0.39 is 0 Å². The SMILES string of the molecule is C=Cc1c(C)oc2cccc(C)c12.CC. The summed E-state index contributed by atoms with van der Waals surface area (Å²) in [6.07, 6.45) is 1.86. The number of benzene rings is 1. The Balaban J connectivity index is 0.000000531. The van der Waals surface area contributed by atoms with Crippen molar-refractivity contribution in [3.05, 3.63) is 41.7 Å². The normalized spacial score (nSPS) is 9.60. The fourth-order valence-electron chi connectivity index (χ4n) is 1.71. The minimum Gasteiger partial charge on any atom is -0.461 e. The first-order chi connectivity index (χ1) is 7.24. The van der Waals surface area contributed by atoms with Gasteiger partial charge in [0.1, 0.15) is 11.3 Å². The third-order valence-corrected chi connectivity index (χ3v) is 2.35. The Labute approximate surface area is 91.4 Å². The fraction of sp³-hybridized carbons (Fsp3) is 0.286. The zero-order chi connectivity index (χ0) is 11.4. The van der Waals surface area contributed by atoms with Crippen LogP contribution in [0.5, 0.6) is 0 Å². The highest BCUT2D eigenvalue weighted by Crippen LogP contribution is 2.28. The second kappa shape index (κ2) is 4.83. The van der Waals surface area contributed by atoms with Crippen LogP contribution in [0, 0.1) is 13.8 Å². The van der Waals surface area contributed by atoms with Crippen LogP contribution in [0.25, 0.3) is 17.0 Å². The van der Waals surface area contributed by atoms with Crippen LogP contribution in [0.2, 0.25) is 0 Å². The maximum absolute atomic E-state index is 5.60. The Hall–Kier alpha value is -1.50. The highest BCUT2D eigenvalue weighted by atomic mass is 16.3. The molecule has 1 aromatic carbocycles. The van der Waals surface area contributed by atoms with Crippen molar-refractivity contribution in [2.75, 3.05) is 0 Å². The lowest BCUT2D eigenvalue weighted by atomic mass is 10.1. The minimum absolute atomic E-state index is 0.944. The van der Waals surface area contributed by atoms with E-state index in [0.717, 1.165) is 16.9 Å². The summed E-state index contributed by atoms with van der Waals surface area (Å²) in [6.45, 7) is 11.9. The molecule has 2 aromatic rings. The summed E-state index contributed by atoms with van der Waals surface area (Å²) in [5.41, 5.74) is 3.31. The molecule has 0 spiro atoms. The highest BCUT2D eigenvalue weighted by Gasteiger charge is 2.08. The average Bonchev–Trinajstić information content (AvgIpc) is 2.58. The first-order valence-electron chi connectivity index (χ1n) is 5.35. The van der Waals surface area contributed by atoms with Crippen LogP contribution in [0.1, 0.15) is 30.7 Å². The molecular weight excluding hydrogens is 184 g/mol. The van der Waals surface area contributed by atoms with E-state index in [9.17, 15) is 0 Å². The van der Waals surface area contributed by atoms with Crippen molar-refractivity contribution in [2.24, 2.45) is 0 Å². The molecule has 15 heavy (non-hydrogen) atoms. The first kappa shape index (κ1) is 11.6. The first-order valence-corrected chi connectivity index (χ1v) is 5.35. The standard InChI is InChI=1S/C12H12O.C2H6/c1-4-10-9(3)13-11-7-5-6-8(2)12(10)11;1-2/h4-7H,1H2,2-3H3;1-2H3. The maximum atomic E-state index is 5.60. The number of aryl methyl sites for hydroxylation is 2. The molecule has 0 bridgehead atoms. The molecule has 0 N–H and O–H groups in total. The fourth-order valence-corrected chi connectivity index (χ4v) is 1.71. The zero-order valence-electron chi connectivity index (χ0n) is 9.92. The van der Waals surface area contributed by atoms with Crippen LogP contribution in [0.4, 0.5) is 0 Å². The summed E-state index contributed by atoms with van der Waals surface area (Å²) in [4.78, 5) is 0. The highest BCUT2D eigenvalue weighted by molar-refractivity contribution is 5.90. The van der Waals surface area contributed by atoms with Gasteiger partial charge in [-0.05, 0) is 25.5 Å². The van der Waals surface area contributed by atoms with Gasteiger partial charge in [-0.3, -0.25) is 0 Å². The summed E-state index contributed by atoms with van der Waals surface area (Å²) in [7, 11) is 0. The molecule has 0 aliphatic rings. The summed E-state index contributed by atoms with van der Waals surface area (Å²) in [5.74, 6) is 0.944. The van der Waals surface area contributed by atoms with Crippen LogP contribution in [-0.2, 0) is 0 Å². The van der Waals surface area contributed by atoms with Crippen LogP contribution < -0.4 is 0 Å². The summed E-state index contributed by atoms with van der Waals surface area (Å²) in [6, 6.07) is 6.08. The van der Waals surface area contributed by atoms with E-state index in [1.54, 1.807) is 0 Å². The van der Waals surface area contributed by atoms with Gasteiger partial charge in [-0.15, -0.1) is 0 Å². The van der Waals surface area contributed by atoms with Gasteiger partial charge >= 0.3 is 0 Å². The van der Waals surface area contributed by atoms with Gasteiger partial charge < -0.3 is 4.42 Å². The molecule has 0 saturated heterocycles. The lowest BCUT2D eigenvalue weighted by Crippen LogP contribution is -1.76. The van der Waals surface area contributed by atoms with E-state index in [0.29, 0.717) is 0 Å². The molecule has 80 valence electrons. The second-order valence-corrected chi connectivity index (χ2v) is 3.22. The Bertz CT molecular complexity index is 463. The van der Waals surface area contributed by atoms with Gasteiger partial charge in [0, 0.05) is 10.9 Å². The predicted molar refractivity (Wildman–Crippen MR) is 67.1 cm³/mol. The lowest BCUT2D eigenvalue weighted by Gasteiger charge is -1.94. The lowest BCUT2D eigenvalue weighted by molar-refractivity contribution is 0.577. The second-order valence-electron chi connectivity index (χ2n) is 3.22. The van der Waals surface area contributed by atoms with Gasteiger partial charge in [-0.25, -0.2) is 0 Å². The number of rotatable bonds is 1. The topological polar surface area (TPSA) is 13.1 Å². The molecule has 0 atom stereocenters. The predicted octanol–water partition coefficient (Wildman–Crippen LogP) is 4.72. The summed E-state index contributed by atoms with van der Waals surface area (Å²) in [5, 5.41) is 1.19. The molecule has 0 fully saturated rings. The molecule has 1 aromatic heterocycles. The van der Waals surface area contributed by atoms with Crippen molar-refractivity contribution in [3.63, 3.8) is 0 Å². The van der Waals surface area contributed by atoms with Crippen LogP contribution in [0.15, 0.2) is 29.2 Å². The van der Waals surface area contributed by atoms with Gasteiger partial charge in [-0.1, -0.05) is 38.6 Å². The van der Waals surface area contributed by atoms with Gasteiger partial charge in [0.05, 0.1) is 0 Å². The largest absolute Gasteiger partial charge is 0.461 e. The maximum Gasteiger partial charge on any atom is 0.135 e. The molecule has 0 radical (unpaired) electrons. The molecule has 1 heterocycles. The van der Waals surface area contributed by atoms with Gasteiger partial charge in [-0.2, -0.15) is 0 Å². The molecule has 1 heteroatoms.